The summed E-state index contributed by atoms with van der Waals surface area (Å²) >= 11 is 0. The van der Waals surface area contributed by atoms with Gasteiger partial charge in [-0.05, 0) is 18.7 Å². The van der Waals surface area contributed by atoms with Gasteiger partial charge in [0.2, 0.25) is 11.7 Å². The van der Waals surface area contributed by atoms with E-state index in [0.29, 0.717) is 24.0 Å². The third-order valence-electron chi connectivity index (χ3n) is 2.64. The van der Waals surface area contributed by atoms with Crippen LogP contribution in [0.4, 0.5) is 0 Å². The Labute approximate surface area is 104 Å². The third kappa shape index (κ3) is 2.00. The van der Waals surface area contributed by atoms with E-state index in [1.807, 2.05) is 37.3 Å². The van der Waals surface area contributed by atoms with E-state index in [1.165, 1.54) is 0 Å². The molecular weight excluding hydrogens is 230 g/mol. The molecule has 1 aromatic carbocycles. The molecule has 0 aliphatic carbocycles. The molecule has 5 heteroatoms. The molecule has 0 amide bonds. The van der Waals surface area contributed by atoms with E-state index < -0.39 is 0 Å². The van der Waals surface area contributed by atoms with Gasteiger partial charge in [0, 0.05) is 5.39 Å². The van der Waals surface area contributed by atoms with Crippen molar-refractivity contribution < 1.29 is 8.94 Å². The molecular formula is C13H13N3O2. The highest BCUT2D eigenvalue weighted by Crippen LogP contribution is 2.25. The van der Waals surface area contributed by atoms with Gasteiger partial charge in [-0.2, -0.15) is 4.98 Å². The Bertz CT molecular complexity index is 624. The Hall–Kier alpha value is -2.14. The Morgan fingerprint density at radius 1 is 1.28 bits per heavy atom. The van der Waals surface area contributed by atoms with Crippen LogP contribution in [0.1, 0.15) is 12.8 Å². The zero-order valence-corrected chi connectivity index (χ0v) is 10.0. The first-order valence-electron chi connectivity index (χ1n) is 5.89. The summed E-state index contributed by atoms with van der Waals surface area (Å²) in [6, 6.07) is 9.72. The van der Waals surface area contributed by atoms with E-state index in [-0.39, 0.29) is 0 Å². The summed E-state index contributed by atoms with van der Waals surface area (Å²) in [6.07, 6.45) is 0. The summed E-state index contributed by atoms with van der Waals surface area (Å²) in [5, 5.41) is 8.08. The number of benzene rings is 1. The van der Waals surface area contributed by atoms with Crippen LogP contribution in [-0.2, 0) is 6.54 Å². The third-order valence-corrected chi connectivity index (χ3v) is 2.64. The van der Waals surface area contributed by atoms with Gasteiger partial charge in [0.15, 0.2) is 5.76 Å². The molecule has 5 nitrogen and oxygen atoms in total. The molecule has 0 atom stereocenters. The summed E-state index contributed by atoms with van der Waals surface area (Å²) in [4.78, 5) is 4.28. The molecule has 3 rings (SSSR count). The Kier molecular flexibility index (Phi) is 2.82. The van der Waals surface area contributed by atoms with Crippen molar-refractivity contribution >= 4 is 11.0 Å². The lowest BCUT2D eigenvalue weighted by Gasteiger charge is -1.92. The highest BCUT2D eigenvalue weighted by atomic mass is 16.5. The van der Waals surface area contributed by atoms with Gasteiger partial charge in [0.1, 0.15) is 5.58 Å². The molecule has 2 aromatic heterocycles. The normalized spacial score (nSPS) is 11.2. The van der Waals surface area contributed by atoms with E-state index in [2.05, 4.69) is 15.5 Å². The molecule has 0 saturated carbocycles. The van der Waals surface area contributed by atoms with Crippen molar-refractivity contribution in [1.82, 2.24) is 15.5 Å². The summed E-state index contributed by atoms with van der Waals surface area (Å²) in [6.45, 7) is 3.46. The number of fused-ring (bicyclic) bond motifs is 1. The molecule has 0 bridgehead atoms. The van der Waals surface area contributed by atoms with Gasteiger partial charge < -0.3 is 14.3 Å². The van der Waals surface area contributed by atoms with Crippen LogP contribution in [0.15, 0.2) is 39.3 Å². The molecule has 0 unspecified atom stereocenters. The van der Waals surface area contributed by atoms with Crippen molar-refractivity contribution in [3.63, 3.8) is 0 Å². The van der Waals surface area contributed by atoms with E-state index >= 15 is 0 Å². The average molecular weight is 243 g/mol. The quantitative estimate of drug-likeness (QED) is 0.763. The van der Waals surface area contributed by atoms with Crippen LogP contribution in [0, 0.1) is 0 Å². The molecule has 0 fully saturated rings. The minimum absolute atomic E-state index is 0.485. The van der Waals surface area contributed by atoms with Crippen LogP contribution in [0.5, 0.6) is 0 Å². The molecule has 0 saturated heterocycles. The number of para-hydroxylation sites is 1. The number of aromatic nitrogens is 2. The van der Waals surface area contributed by atoms with Crippen molar-refractivity contribution in [1.29, 1.82) is 0 Å². The van der Waals surface area contributed by atoms with Crippen LogP contribution >= 0.6 is 0 Å². The SMILES string of the molecule is CCNCc1nc(-c2cc3ccccc3o2)no1. The highest BCUT2D eigenvalue weighted by molar-refractivity contribution is 5.81. The first-order chi connectivity index (χ1) is 8.86. The zero-order valence-electron chi connectivity index (χ0n) is 10.0. The number of nitrogens with one attached hydrogen (secondary N) is 1. The van der Waals surface area contributed by atoms with Gasteiger partial charge in [0.25, 0.3) is 0 Å². The highest BCUT2D eigenvalue weighted by Gasteiger charge is 2.12. The lowest BCUT2D eigenvalue weighted by molar-refractivity contribution is 0.368. The first-order valence-corrected chi connectivity index (χ1v) is 5.89. The standard InChI is InChI=1S/C13H13N3O2/c1-2-14-8-12-15-13(16-18-12)11-7-9-5-3-4-6-10(9)17-11/h3-7,14H,2,8H2,1H3. The van der Waals surface area contributed by atoms with Crippen LogP contribution in [-0.4, -0.2) is 16.7 Å². The number of hydrogen-bond acceptors (Lipinski definition) is 5. The second-order valence-electron chi connectivity index (χ2n) is 3.94. The van der Waals surface area contributed by atoms with Gasteiger partial charge in [-0.15, -0.1) is 0 Å². The van der Waals surface area contributed by atoms with Crippen molar-refractivity contribution in [2.45, 2.75) is 13.5 Å². The van der Waals surface area contributed by atoms with Crippen LogP contribution < -0.4 is 5.32 Å². The molecule has 0 aliphatic rings. The Balaban J connectivity index is 1.91. The van der Waals surface area contributed by atoms with Gasteiger partial charge in [-0.3, -0.25) is 0 Å². The van der Waals surface area contributed by atoms with Crippen molar-refractivity contribution in [3.8, 4) is 11.6 Å². The van der Waals surface area contributed by atoms with Crippen molar-refractivity contribution in [2.75, 3.05) is 6.54 Å². The average Bonchev–Trinajstić information content (AvgIpc) is 3.02. The molecule has 0 aliphatic heterocycles. The van der Waals surface area contributed by atoms with Gasteiger partial charge in [-0.1, -0.05) is 30.3 Å². The minimum atomic E-state index is 0.485. The minimum Gasteiger partial charge on any atom is -0.453 e. The summed E-state index contributed by atoms with van der Waals surface area (Å²) < 4.78 is 10.8. The maximum Gasteiger partial charge on any atom is 0.241 e. The number of hydrogen-bond donors (Lipinski definition) is 1. The van der Waals surface area contributed by atoms with Gasteiger partial charge >= 0.3 is 0 Å². The number of nitrogens with zero attached hydrogens (tertiary/aromatic N) is 2. The second kappa shape index (κ2) is 4.62. The molecule has 0 spiro atoms. The molecule has 92 valence electrons. The summed E-state index contributed by atoms with van der Waals surface area (Å²) in [5.74, 6) is 1.68. The Morgan fingerprint density at radius 2 is 2.17 bits per heavy atom. The van der Waals surface area contributed by atoms with Crippen molar-refractivity contribution in [3.05, 3.63) is 36.2 Å². The monoisotopic (exact) mass is 243 g/mol. The smallest absolute Gasteiger partial charge is 0.241 e. The molecule has 0 radical (unpaired) electrons. The fraction of sp³-hybridized carbons (Fsp3) is 0.231. The predicted molar refractivity (Wildman–Crippen MR) is 66.9 cm³/mol. The summed E-state index contributed by atoms with van der Waals surface area (Å²) in [5.41, 5.74) is 0.825. The van der Waals surface area contributed by atoms with E-state index in [9.17, 15) is 0 Å². The lowest BCUT2D eigenvalue weighted by Crippen LogP contribution is -2.11. The fourth-order valence-corrected chi connectivity index (χ4v) is 1.75. The lowest BCUT2D eigenvalue weighted by atomic mass is 10.2. The van der Waals surface area contributed by atoms with E-state index in [4.69, 9.17) is 8.94 Å². The molecule has 18 heavy (non-hydrogen) atoms. The molecule has 1 N–H and O–H groups in total. The largest absolute Gasteiger partial charge is 0.453 e. The van der Waals surface area contributed by atoms with Crippen LogP contribution in [0.2, 0.25) is 0 Å². The van der Waals surface area contributed by atoms with Gasteiger partial charge in [-0.25, -0.2) is 0 Å². The maximum absolute atomic E-state index is 5.67. The number of furan rings is 1. The van der Waals surface area contributed by atoms with E-state index in [1.54, 1.807) is 0 Å². The van der Waals surface area contributed by atoms with E-state index in [0.717, 1.165) is 17.5 Å². The summed E-state index contributed by atoms with van der Waals surface area (Å²) in [7, 11) is 0. The van der Waals surface area contributed by atoms with Crippen LogP contribution in [0.3, 0.4) is 0 Å². The topological polar surface area (TPSA) is 64.1 Å². The predicted octanol–water partition coefficient (Wildman–Crippen LogP) is 2.59. The second-order valence-corrected chi connectivity index (χ2v) is 3.94. The van der Waals surface area contributed by atoms with Gasteiger partial charge in [0.05, 0.1) is 6.54 Å². The molecule has 2 heterocycles. The maximum atomic E-state index is 5.67. The van der Waals surface area contributed by atoms with Crippen molar-refractivity contribution in [2.24, 2.45) is 0 Å². The zero-order chi connectivity index (χ0) is 12.4. The molecule has 3 aromatic rings. The number of rotatable bonds is 4. The fourth-order valence-electron chi connectivity index (χ4n) is 1.75. The van der Waals surface area contributed by atoms with Crippen LogP contribution in [0.25, 0.3) is 22.6 Å². The first kappa shape index (κ1) is 11.0. The Morgan fingerprint density at radius 3 is 3.00 bits per heavy atom.